The molecular weight excluding hydrogens is 385 g/mol. The number of halogens is 2. The second-order valence-corrected chi connectivity index (χ2v) is 7.95. The molecule has 0 bridgehead atoms. The summed E-state index contributed by atoms with van der Waals surface area (Å²) in [5, 5.41) is 3.00. The van der Waals surface area contributed by atoms with E-state index in [2.05, 4.69) is 5.32 Å². The van der Waals surface area contributed by atoms with Crippen molar-refractivity contribution in [2.45, 2.75) is 45.2 Å². The number of hydrogen-bond acceptors (Lipinski definition) is 3. The van der Waals surface area contributed by atoms with Gasteiger partial charge in [-0.25, -0.2) is 4.39 Å². The van der Waals surface area contributed by atoms with Crippen molar-refractivity contribution < 1.29 is 18.8 Å². The summed E-state index contributed by atoms with van der Waals surface area (Å²) in [6, 6.07) is 4.18. The standard InChI is InChI=1S/C20H25ClFN3O3/c1-13(18(26)23-11-14-6-7-15(22)10-17(14)21)12-24-8-9-25(20(28)19(24)27)16-4-2-3-5-16/h6-7,10,13,16H,2-5,8-9,11-12H2,1H3,(H,23,26). The number of benzene rings is 1. The van der Waals surface area contributed by atoms with Gasteiger partial charge in [-0.1, -0.05) is 37.4 Å². The summed E-state index contributed by atoms with van der Waals surface area (Å²) in [5.74, 6) is -2.15. The Morgan fingerprint density at radius 1 is 1.25 bits per heavy atom. The van der Waals surface area contributed by atoms with E-state index in [0.29, 0.717) is 18.7 Å². The molecule has 0 spiro atoms. The quantitative estimate of drug-likeness (QED) is 0.733. The van der Waals surface area contributed by atoms with Crippen LogP contribution in [-0.2, 0) is 20.9 Å². The molecule has 28 heavy (non-hydrogen) atoms. The van der Waals surface area contributed by atoms with Crippen molar-refractivity contribution in [3.8, 4) is 0 Å². The Balaban J connectivity index is 1.51. The normalized spacial score (nSPS) is 19.2. The third-order valence-corrected chi connectivity index (χ3v) is 5.87. The van der Waals surface area contributed by atoms with Gasteiger partial charge in [-0.05, 0) is 30.5 Å². The fourth-order valence-electron chi connectivity index (χ4n) is 3.86. The minimum absolute atomic E-state index is 0.171. The molecule has 1 heterocycles. The van der Waals surface area contributed by atoms with E-state index in [1.807, 2.05) is 0 Å². The Hall–Kier alpha value is -2.15. The van der Waals surface area contributed by atoms with Crippen LogP contribution in [0.3, 0.4) is 0 Å². The van der Waals surface area contributed by atoms with Crippen molar-refractivity contribution in [3.05, 3.63) is 34.6 Å². The zero-order valence-electron chi connectivity index (χ0n) is 15.9. The Labute approximate surface area is 169 Å². The summed E-state index contributed by atoms with van der Waals surface area (Å²) < 4.78 is 13.1. The lowest BCUT2D eigenvalue weighted by Crippen LogP contribution is -2.58. The van der Waals surface area contributed by atoms with Gasteiger partial charge in [0.1, 0.15) is 5.82 Å². The molecule has 2 aliphatic rings. The molecule has 3 rings (SSSR count). The first-order chi connectivity index (χ1) is 13.4. The van der Waals surface area contributed by atoms with Gasteiger partial charge in [0, 0.05) is 37.2 Å². The van der Waals surface area contributed by atoms with Crippen LogP contribution in [0.1, 0.15) is 38.2 Å². The number of nitrogens with zero attached hydrogens (tertiary/aromatic N) is 2. The first-order valence-electron chi connectivity index (χ1n) is 9.68. The molecule has 8 heteroatoms. The molecule has 1 saturated carbocycles. The molecule has 1 aliphatic heterocycles. The van der Waals surface area contributed by atoms with Gasteiger partial charge in [0.2, 0.25) is 5.91 Å². The van der Waals surface area contributed by atoms with E-state index in [4.69, 9.17) is 11.6 Å². The van der Waals surface area contributed by atoms with Crippen LogP contribution in [-0.4, -0.2) is 53.2 Å². The van der Waals surface area contributed by atoms with Crippen LogP contribution in [0.5, 0.6) is 0 Å². The highest BCUT2D eigenvalue weighted by Crippen LogP contribution is 2.25. The smallest absolute Gasteiger partial charge is 0.312 e. The molecule has 6 nitrogen and oxygen atoms in total. The summed E-state index contributed by atoms with van der Waals surface area (Å²) in [7, 11) is 0. The molecule has 1 saturated heterocycles. The maximum atomic E-state index is 13.1. The minimum atomic E-state index is -0.528. The zero-order chi connectivity index (χ0) is 20.3. The topological polar surface area (TPSA) is 69.7 Å². The number of nitrogens with one attached hydrogen (secondary N) is 1. The first-order valence-corrected chi connectivity index (χ1v) is 10.1. The van der Waals surface area contributed by atoms with Gasteiger partial charge >= 0.3 is 11.8 Å². The average molecular weight is 410 g/mol. The molecule has 1 atom stereocenters. The Morgan fingerprint density at radius 2 is 1.96 bits per heavy atom. The van der Waals surface area contributed by atoms with Gasteiger partial charge in [-0.15, -0.1) is 0 Å². The van der Waals surface area contributed by atoms with Crippen LogP contribution in [0.4, 0.5) is 4.39 Å². The molecular formula is C20H25ClFN3O3. The van der Waals surface area contributed by atoms with Crippen molar-refractivity contribution >= 4 is 29.3 Å². The maximum Gasteiger partial charge on any atom is 0.312 e. The van der Waals surface area contributed by atoms with Crippen LogP contribution in [0, 0.1) is 11.7 Å². The molecule has 0 aromatic heterocycles. The summed E-state index contributed by atoms with van der Waals surface area (Å²) in [4.78, 5) is 40.4. The molecule has 1 aliphatic carbocycles. The average Bonchev–Trinajstić information content (AvgIpc) is 3.19. The molecule has 1 aromatic carbocycles. The maximum absolute atomic E-state index is 13.1. The van der Waals surface area contributed by atoms with E-state index in [-0.39, 0.29) is 30.1 Å². The highest BCUT2D eigenvalue weighted by molar-refractivity contribution is 6.35. The summed E-state index contributed by atoms with van der Waals surface area (Å²) in [6.07, 6.45) is 4.12. The third kappa shape index (κ3) is 4.63. The minimum Gasteiger partial charge on any atom is -0.352 e. The predicted molar refractivity (Wildman–Crippen MR) is 103 cm³/mol. The van der Waals surface area contributed by atoms with E-state index in [9.17, 15) is 18.8 Å². The number of carbonyl (C=O) groups excluding carboxylic acids is 3. The lowest BCUT2D eigenvalue weighted by molar-refractivity contribution is -0.158. The summed E-state index contributed by atoms with van der Waals surface area (Å²) in [6.45, 7) is 3.04. The molecule has 0 radical (unpaired) electrons. The molecule has 1 unspecified atom stereocenters. The molecule has 3 amide bonds. The number of carbonyl (C=O) groups is 3. The fraction of sp³-hybridized carbons (Fsp3) is 0.550. The predicted octanol–water partition coefficient (Wildman–Crippen LogP) is 2.34. The third-order valence-electron chi connectivity index (χ3n) is 5.52. The van der Waals surface area contributed by atoms with Gasteiger partial charge in [-0.3, -0.25) is 14.4 Å². The summed E-state index contributed by atoms with van der Waals surface area (Å²) >= 11 is 5.96. The van der Waals surface area contributed by atoms with Crippen LogP contribution >= 0.6 is 11.6 Å². The SMILES string of the molecule is CC(CN1CCN(C2CCCC2)C(=O)C1=O)C(=O)NCc1ccc(F)cc1Cl. The molecule has 152 valence electrons. The number of amides is 3. The van der Waals surface area contributed by atoms with Gasteiger partial charge in [0.15, 0.2) is 0 Å². The van der Waals surface area contributed by atoms with Crippen molar-refractivity contribution in [2.75, 3.05) is 19.6 Å². The van der Waals surface area contributed by atoms with E-state index in [0.717, 1.165) is 25.7 Å². The van der Waals surface area contributed by atoms with Crippen molar-refractivity contribution in [1.29, 1.82) is 0 Å². The Kier molecular flexibility index (Phi) is 6.54. The van der Waals surface area contributed by atoms with Gasteiger partial charge in [0.25, 0.3) is 0 Å². The number of piperazine rings is 1. The van der Waals surface area contributed by atoms with Crippen molar-refractivity contribution in [3.63, 3.8) is 0 Å². The molecule has 1 N–H and O–H groups in total. The van der Waals surface area contributed by atoms with Crippen LogP contribution in [0.2, 0.25) is 5.02 Å². The number of hydrogen-bond donors (Lipinski definition) is 1. The monoisotopic (exact) mass is 409 g/mol. The largest absolute Gasteiger partial charge is 0.352 e. The van der Waals surface area contributed by atoms with E-state index in [1.165, 1.54) is 23.1 Å². The Bertz CT molecular complexity index is 767. The number of rotatable bonds is 6. The second-order valence-electron chi connectivity index (χ2n) is 7.54. The second kappa shape index (κ2) is 8.90. The Morgan fingerprint density at radius 3 is 2.64 bits per heavy atom. The van der Waals surface area contributed by atoms with Gasteiger partial charge in [0.05, 0.1) is 5.92 Å². The van der Waals surface area contributed by atoms with Crippen molar-refractivity contribution in [2.24, 2.45) is 5.92 Å². The highest BCUT2D eigenvalue weighted by atomic mass is 35.5. The van der Waals surface area contributed by atoms with E-state index in [1.54, 1.807) is 11.8 Å². The zero-order valence-corrected chi connectivity index (χ0v) is 16.7. The van der Waals surface area contributed by atoms with Crippen LogP contribution < -0.4 is 5.32 Å². The summed E-state index contributed by atoms with van der Waals surface area (Å²) in [5.41, 5.74) is 0.611. The van der Waals surface area contributed by atoms with E-state index < -0.39 is 23.5 Å². The van der Waals surface area contributed by atoms with Gasteiger partial charge in [-0.2, -0.15) is 0 Å². The highest BCUT2D eigenvalue weighted by Gasteiger charge is 2.38. The van der Waals surface area contributed by atoms with Crippen molar-refractivity contribution in [1.82, 2.24) is 15.1 Å². The first kappa shape index (κ1) is 20.6. The molecule has 2 fully saturated rings. The lowest BCUT2D eigenvalue weighted by atomic mass is 10.1. The van der Waals surface area contributed by atoms with Gasteiger partial charge < -0.3 is 15.1 Å². The lowest BCUT2D eigenvalue weighted by Gasteiger charge is -2.37. The van der Waals surface area contributed by atoms with Crippen LogP contribution in [0.25, 0.3) is 0 Å². The van der Waals surface area contributed by atoms with Crippen LogP contribution in [0.15, 0.2) is 18.2 Å². The van der Waals surface area contributed by atoms with E-state index >= 15 is 0 Å². The molecule has 1 aromatic rings. The fourth-order valence-corrected chi connectivity index (χ4v) is 4.10.